The first kappa shape index (κ1) is 32.3. The topological polar surface area (TPSA) is 80.6 Å². The number of rotatable bonds is 5. The minimum Gasteiger partial charge on any atom is -0.471 e. The van der Waals surface area contributed by atoms with Gasteiger partial charge < -0.3 is 14.5 Å². The second-order valence-corrected chi connectivity index (χ2v) is 13.1. The van der Waals surface area contributed by atoms with Crippen molar-refractivity contribution in [1.29, 1.82) is 0 Å². The fourth-order valence-electron chi connectivity index (χ4n) is 6.12. The molecule has 4 aromatic rings. The number of ether oxygens (including phenoxy) is 1. The summed E-state index contributed by atoms with van der Waals surface area (Å²) in [5.41, 5.74) is -3.02. The Morgan fingerprint density at radius 3 is 2.48 bits per heavy atom. The summed E-state index contributed by atoms with van der Waals surface area (Å²) >= 11 is 8.05. The lowest BCUT2D eigenvalue weighted by molar-refractivity contribution is -0.137. The highest BCUT2D eigenvalue weighted by Gasteiger charge is 2.40. The first-order chi connectivity index (χ1) is 21.8. The summed E-state index contributed by atoms with van der Waals surface area (Å²) in [5.74, 6) is -2.35. The van der Waals surface area contributed by atoms with E-state index in [1.807, 2.05) is 0 Å². The molecule has 1 fully saturated rings. The molecule has 2 aromatic carbocycles. The molecular weight excluding hydrogens is 673 g/mol. The van der Waals surface area contributed by atoms with E-state index in [9.17, 15) is 27.2 Å². The first-order valence-electron chi connectivity index (χ1n) is 14.0. The Morgan fingerprint density at radius 1 is 1.13 bits per heavy atom. The van der Waals surface area contributed by atoms with Crippen molar-refractivity contribution in [1.82, 2.24) is 18.8 Å². The van der Waals surface area contributed by atoms with Gasteiger partial charge in [-0.1, -0.05) is 18.2 Å². The molecule has 1 saturated heterocycles. The van der Waals surface area contributed by atoms with Gasteiger partial charge in [0, 0.05) is 69.8 Å². The van der Waals surface area contributed by atoms with E-state index in [2.05, 4.69) is 15.9 Å². The Morgan fingerprint density at radius 2 is 1.85 bits per heavy atom. The summed E-state index contributed by atoms with van der Waals surface area (Å²) in [4.78, 5) is 33.9. The number of amides is 1. The van der Waals surface area contributed by atoms with Gasteiger partial charge in [-0.15, -0.1) is 11.8 Å². The van der Waals surface area contributed by atoms with Crippen molar-refractivity contribution >= 4 is 57.5 Å². The molecule has 0 aliphatic carbocycles. The van der Waals surface area contributed by atoms with Gasteiger partial charge in [-0.2, -0.15) is 22.5 Å². The number of carbonyl (C=O) groups excluding carboxylic acids is 1. The standard InChI is InChI=1S/C30H25ClF5N5O3S2/c1-4-24(42)41-14(2)10-39(11-15(41)3)28-18-7-19(30(34,35)36)25(17-8-20(31)22(33)9-21(17)32)27-26(18)40(29(43)37-28)12-16(13-45-27)44-23-5-6-46-38-23/h4-9,14-16H,1,10-13H2,2-3H3/t14-,15+,16-/m0/s1. The minimum atomic E-state index is -5.01. The lowest BCUT2D eigenvalue weighted by atomic mass is 9.95. The van der Waals surface area contributed by atoms with Crippen LogP contribution in [0.3, 0.4) is 0 Å². The van der Waals surface area contributed by atoms with Crippen LogP contribution >= 0.6 is 34.9 Å². The quantitative estimate of drug-likeness (QED) is 0.132. The van der Waals surface area contributed by atoms with Crippen LogP contribution in [0.15, 0.2) is 52.0 Å². The molecular formula is C30H25ClF5N5O3S2. The number of anilines is 1. The van der Waals surface area contributed by atoms with E-state index in [4.69, 9.17) is 16.3 Å². The van der Waals surface area contributed by atoms with E-state index < -0.39 is 63.4 Å². The monoisotopic (exact) mass is 697 g/mol. The normalized spacial score (nSPS) is 20.1. The number of halogens is 6. The maximum absolute atomic E-state index is 15.4. The number of alkyl halides is 3. The third kappa shape index (κ3) is 5.72. The second kappa shape index (κ2) is 12.2. The zero-order valence-corrected chi connectivity index (χ0v) is 26.7. The minimum absolute atomic E-state index is 0.00367. The molecule has 4 heterocycles. The lowest BCUT2D eigenvalue weighted by Gasteiger charge is -2.44. The molecule has 0 radical (unpaired) electrons. The van der Waals surface area contributed by atoms with Crippen LogP contribution in [-0.2, 0) is 17.5 Å². The zero-order chi connectivity index (χ0) is 33.1. The van der Waals surface area contributed by atoms with Gasteiger partial charge >= 0.3 is 11.9 Å². The van der Waals surface area contributed by atoms with Gasteiger partial charge in [0.2, 0.25) is 11.8 Å². The fourth-order valence-corrected chi connectivity index (χ4v) is 7.98. The van der Waals surface area contributed by atoms with E-state index in [0.29, 0.717) is 6.07 Å². The van der Waals surface area contributed by atoms with Crippen LogP contribution < -0.4 is 15.3 Å². The van der Waals surface area contributed by atoms with Crippen LogP contribution in [0.4, 0.5) is 27.8 Å². The predicted octanol–water partition coefficient (Wildman–Crippen LogP) is 6.64. The predicted molar refractivity (Wildman–Crippen MR) is 167 cm³/mol. The third-order valence-corrected chi connectivity index (χ3v) is 9.99. The van der Waals surface area contributed by atoms with Crippen LogP contribution in [0, 0.1) is 11.6 Å². The zero-order valence-electron chi connectivity index (χ0n) is 24.3. The Bertz CT molecular complexity index is 1910. The van der Waals surface area contributed by atoms with E-state index >= 15 is 4.39 Å². The molecule has 16 heteroatoms. The van der Waals surface area contributed by atoms with Crippen molar-refractivity contribution in [2.24, 2.45) is 0 Å². The largest absolute Gasteiger partial charge is 0.471 e. The highest BCUT2D eigenvalue weighted by atomic mass is 35.5. The summed E-state index contributed by atoms with van der Waals surface area (Å²) in [6, 6.07) is 2.92. The van der Waals surface area contributed by atoms with Crippen LogP contribution in [-0.4, -0.2) is 61.8 Å². The molecule has 242 valence electrons. The van der Waals surface area contributed by atoms with Crippen molar-refractivity contribution in [3.63, 3.8) is 0 Å². The average molecular weight is 698 g/mol. The molecule has 0 unspecified atom stereocenters. The highest BCUT2D eigenvalue weighted by Crippen LogP contribution is 2.49. The van der Waals surface area contributed by atoms with Crippen LogP contribution in [0.2, 0.25) is 5.02 Å². The Labute approximate surface area is 272 Å². The van der Waals surface area contributed by atoms with Crippen molar-refractivity contribution in [3.05, 3.63) is 75.0 Å². The molecule has 46 heavy (non-hydrogen) atoms. The van der Waals surface area contributed by atoms with Crippen molar-refractivity contribution < 1.29 is 31.5 Å². The van der Waals surface area contributed by atoms with Gasteiger partial charge in [0.05, 0.1) is 22.6 Å². The summed E-state index contributed by atoms with van der Waals surface area (Å²) in [6.07, 6.45) is -4.55. The molecule has 0 saturated carbocycles. The van der Waals surface area contributed by atoms with Gasteiger partial charge in [-0.25, -0.2) is 13.6 Å². The van der Waals surface area contributed by atoms with E-state index in [1.54, 1.807) is 35.1 Å². The van der Waals surface area contributed by atoms with Crippen molar-refractivity contribution in [2.45, 2.75) is 49.7 Å². The van der Waals surface area contributed by atoms with Gasteiger partial charge in [-0.3, -0.25) is 9.36 Å². The number of aromatic nitrogens is 3. The smallest absolute Gasteiger partial charge is 0.417 e. The van der Waals surface area contributed by atoms with E-state index in [1.165, 1.54) is 10.6 Å². The van der Waals surface area contributed by atoms with Gasteiger partial charge in [0.1, 0.15) is 23.6 Å². The molecule has 0 bridgehead atoms. The molecule has 8 nitrogen and oxygen atoms in total. The van der Waals surface area contributed by atoms with E-state index in [-0.39, 0.29) is 58.8 Å². The molecule has 0 N–H and O–H groups in total. The number of hydrogen-bond donors (Lipinski definition) is 0. The van der Waals surface area contributed by atoms with Crippen LogP contribution in [0.1, 0.15) is 19.4 Å². The molecule has 2 aliphatic rings. The summed E-state index contributed by atoms with van der Waals surface area (Å²) in [7, 11) is 0. The lowest BCUT2D eigenvalue weighted by Crippen LogP contribution is -2.58. The van der Waals surface area contributed by atoms with Gasteiger partial charge in [-0.05, 0) is 43.6 Å². The highest BCUT2D eigenvalue weighted by molar-refractivity contribution is 7.99. The summed E-state index contributed by atoms with van der Waals surface area (Å²) in [5, 5.41) is 1.13. The molecule has 3 atom stereocenters. The Kier molecular flexibility index (Phi) is 8.52. The van der Waals surface area contributed by atoms with E-state index in [0.717, 1.165) is 35.4 Å². The SMILES string of the molecule is C=CC(=O)N1[C@H](C)CN(c2nc(=O)n3c4c(c(-c5cc(Cl)c(F)cc5F)c(C(F)(F)F)cc24)SC[C@@H](Oc2ccsn2)C3)C[C@@H]1C. The van der Waals surface area contributed by atoms with Crippen molar-refractivity contribution in [2.75, 3.05) is 23.7 Å². The third-order valence-electron chi connectivity index (χ3n) is 7.93. The maximum Gasteiger partial charge on any atom is 0.417 e. The average Bonchev–Trinajstić information content (AvgIpc) is 3.42. The molecule has 2 aliphatic heterocycles. The number of piperazine rings is 1. The summed E-state index contributed by atoms with van der Waals surface area (Å²) in [6.45, 7) is 7.35. The molecule has 1 amide bonds. The number of thioether (sulfide) groups is 1. The van der Waals surface area contributed by atoms with Gasteiger partial charge in [0.25, 0.3) is 0 Å². The van der Waals surface area contributed by atoms with Crippen LogP contribution in [0.25, 0.3) is 22.0 Å². The first-order valence-corrected chi connectivity index (χ1v) is 16.2. The number of benzene rings is 2. The summed E-state index contributed by atoms with van der Waals surface area (Å²) < 4.78 is 85.8. The Hall–Kier alpha value is -3.69. The van der Waals surface area contributed by atoms with Gasteiger partial charge in [0.15, 0.2) is 0 Å². The number of carbonyl (C=O) groups is 1. The van der Waals surface area contributed by atoms with Crippen LogP contribution in [0.5, 0.6) is 5.88 Å². The van der Waals surface area contributed by atoms with Crippen molar-refractivity contribution in [3.8, 4) is 17.0 Å². The second-order valence-electron chi connectivity index (χ2n) is 11.0. The molecule has 2 aromatic heterocycles. The molecule has 0 spiro atoms. The Balaban J connectivity index is 1.63. The fraction of sp³-hybridized carbons (Fsp3) is 0.333. The molecule has 6 rings (SSSR count). The number of hydrogen-bond acceptors (Lipinski definition) is 8. The number of nitrogens with zero attached hydrogens (tertiary/aromatic N) is 5. The maximum atomic E-state index is 15.4.